The predicted octanol–water partition coefficient (Wildman–Crippen LogP) is 3.14. The number of hydrogen-bond acceptors (Lipinski definition) is 2. The molecule has 0 aliphatic carbocycles. The molecule has 92 valence electrons. The zero-order valence-corrected chi connectivity index (χ0v) is 10.4. The van der Waals surface area contributed by atoms with Crippen LogP contribution >= 0.6 is 0 Å². The molecule has 0 saturated heterocycles. The summed E-state index contributed by atoms with van der Waals surface area (Å²) in [5, 5.41) is 8.46. The number of carbonyl (C=O) groups is 1. The van der Waals surface area contributed by atoms with Gasteiger partial charge in [0.15, 0.2) is 0 Å². The van der Waals surface area contributed by atoms with E-state index in [1.165, 1.54) is 6.08 Å². The van der Waals surface area contributed by atoms with Gasteiger partial charge in [0.25, 0.3) is 0 Å². The van der Waals surface area contributed by atoms with Gasteiger partial charge in [0, 0.05) is 6.08 Å². The van der Waals surface area contributed by atoms with Gasteiger partial charge in [-0.15, -0.1) is 0 Å². The molecule has 0 saturated carbocycles. The molecular weight excluding hydrogens is 216 g/mol. The van der Waals surface area contributed by atoms with Crippen LogP contribution in [0.2, 0.25) is 0 Å². The van der Waals surface area contributed by atoms with E-state index >= 15 is 0 Å². The van der Waals surface area contributed by atoms with Crippen molar-refractivity contribution in [2.24, 2.45) is 0 Å². The molecule has 0 heterocycles. The van der Waals surface area contributed by atoms with Gasteiger partial charge < -0.3 is 9.84 Å². The molecular formula is C14H18O3. The molecule has 1 N–H and O–H groups in total. The van der Waals surface area contributed by atoms with Crippen LogP contribution in [0.1, 0.15) is 30.9 Å². The van der Waals surface area contributed by atoms with Crippen LogP contribution in [0.15, 0.2) is 30.4 Å². The summed E-state index contributed by atoms with van der Waals surface area (Å²) in [5.41, 5.74) is 2.27. The molecule has 0 aliphatic rings. The monoisotopic (exact) mass is 234 g/mol. The molecule has 0 unspecified atom stereocenters. The largest absolute Gasteiger partial charge is 0.489 e. The van der Waals surface area contributed by atoms with Gasteiger partial charge in [-0.1, -0.05) is 26.0 Å². The van der Waals surface area contributed by atoms with Crippen molar-refractivity contribution in [3.05, 3.63) is 41.5 Å². The summed E-state index contributed by atoms with van der Waals surface area (Å²) in [5.74, 6) is 0.256. The third-order valence-electron chi connectivity index (χ3n) is 2.39. The summed E-state index contributed by atoms with van der Waals surface area (Å²) in [7, 11) is 0. The van der Waals surface area contributed by atoms with Crippen LogP contribution in [0.3, 0.4) is 0 Å². The van der Waals surface area contributed by atoms with Crippen molar-refractivity contribution in [3.8, 4) is 5.75 Å². The lowest BCUT2D eigenvalue weighted by Crippen LogP contribution is -2.00. The molecule has 0 atom stereocenters. The first-order chi connectivity index (χ1) is 8.00. The minimum atomic E-state index is -0.957. The number of carboxylic acids is 1. The number of benzene rings is 1. The SMILES string of the molecule is Cc1ccc(C(C)C)c(OCC=CC(=O)O)c1. The molecule has 1 aromatic rings. The summed E-state index contributed by atoms with van der Waals surface area (Å²) >= 11 is 0. The van der Waals surface area contributed by atoms with E-state index in [0.717, 1.165) is 23.0 Å². The normalized spacial score (nSPS) is 11.1. The van der Waals surface area contributed by atoms with Crippen LogP contribution < -0.4 is 4.74 Å². The number of aryl methyl sites for hydroxylation is 1. The first-order valence-corrected chi connectivity index (χ1v) is 5.63. The van der Waals surface area contributed by atoms with Gasteiger partial charge >= 0.3 is 5.97 Å². The van der Waals surface area contributed by atoms with Crippen molar-refractivity contribution in [1.82, 2.24) is 0 Å². The van der Waals surface area contributed by atoms with Crippen LogP contribution in [-0.2, 0) is 4.79 Å². The summed E-state index contributed by atoms with van der Waals surface area (Å²) < 4.78 is 5.58. The van der Waals surface area contributed by atoms with Gasteiger partial charge in [0.2, 0.25) is 0 Å². The van der Waals surface area contributed by atoms with E-state index in [0.29, 0.717) is 5.92 Å². The van der Waals surface area contributed by atoms with Gasteiger partial charge in [-0.25, -0.2) is 4.79 Å². The molecule has 0 aromatic heterocycles. The molecule has 1 aromatic carbocycles. The quantitative estimate of drug-likeness (QED) is 0.796. The van der Waals surface area contributed by atoms with Crippen LogP contribution in [0.4, 0.5) is 0 Å². The molecule has 0 spiro atoms. The molecule has 0 aliphatic heterocycles. The van der Waals surface area contributed by atoms with Gasteiger partial charge in [-0.2, -0.15) is 0 Å². The van der Waals surface area contributed by atoms with Gasteiger partial charge in [0.05, 0.1) is 0 Å². The van der Waals surface area contributed by atoms with E-state index in [1.54, 1.807) is 0 Å². The molecule has 1 rings (SSSR count). The number of aliphatic carboxylic acids is 1. The van der Waals surface area contributed by atoms with Crippen LogP contribution in [0.5, 0.6) is 5.75 Å². The van der Waals surface area contributed by atoms with Gasteiger partial charge in [-0.3, -0.25) is 0 Å². The fourth-order valence-electron chi connectivity index (χ4n) is 1.53. The summed E-state index contributed by atoms with van der Waals surface area (Å²) in [6.07, 6.45) is 2.58. The maximum atomic E-state index is 10.3. The molecule has 0 radical (unpaired) electrons. The second-order valence-corrected chi connectivity index (χ2v) is 4.25. The molecule has 3 heteroatoms. The molecule has 0 bridgehead atoms. The standard InChI is InChI=1S/C14H18O3/c1-10(2)12-7-6-11(3)9-13(12)17-8-4-5-14(15)16/h4-7,9-10H,8H2,1-3H3,(H,15,16). The van der Waals surface area contributed by atoms with Crippen LogP contribution in [0, 0.1) is 6.92 Å². The second kappa shape index (κ2) is 6.09. The fourth-order valence-corrected chi connectivity index (χ4v) is 1.53. The minimum Gasteiger partial charge on any atom is -0.489 e. The van der Waals surface area contributed by atoms with E-state index in [2.05, 4.69) is 26.0 Å². The lowest BCUT2D eigenvalue weighted by Gasteiger charge is -2.13. The Kier molecular flexibility index (Phi) is 4.76. The Morgan fingerprint density at radius 2 is 2.18 bits per heavy atom. The van der Waals surface area contributed by atoms with Crippen LogP contribution in [0.25, 0.3) is 0 Å². The van der Waals surface area contributed by atoms with Crippen molar-refractivity contribution >= 4 is 5.97 Å². The van der Waals surface area contributed by atoms with Crippen LogP contribution in [-0.4, -0.2) is 17.7 Å². The lowest BCUT2D eigenvalue weighted by molar-refractivity contribution is -0.131. The minimum absolute atomic E-state index is 0.273. The number of rotatable bonds is 5. The molecule has 0 fully saturated rings. The highest BCUT2D eigenvalue weighted by Gasteiger charge is 2.07. The summed E-state index contributed by atoms with van der Waals surface area (Å²) in [4.78, 5) is 10.3. The topological polar surface area (TPSA) is 46.5 Å². The van der Waals surface area contributed by atoms with Crippen molar-refractivity contribution in [3.63, 3.8) is 0 Å². The molecule has 0 amide bonds. The zero-order chi connectivity index (χ0) is 12.8. The zero-order valence-electron chi connectivity index (χ0n) is 10.4. The van der Waals surface area contributed by atoms with Crippen molar-refractivity contribution in [2.75, 3.05) is 6.61 Å². The third kappa shape index (κ3) is 4.31. The van der Waals surface area contributed by atoms with E-state index in [4.69, 9.17) is 9.84 Å². The van der Waals surface area contributed by atoms with Crippen molar-refractivity contribution in [2.45, 2.75) is 26.7 Å². The summed E-state index contributed by atoms with van der Waals surface area (Å²) in [6, 6.07) is 6.08. The van der Waals surface area contributed by atoms with E-state index < -0.39 is 5.97 Å². The van der Waals surface area contributed by atoms with E-state index in [-0.39, 0.29) is 6.61 Å². The Balaban J connectivity index is 2.75. The molecule has 17 heavy (non-hydrogen) atoms. The third-order valence-corrected chi connectivity index (χ3v) is 2.39. The average molecular weight is 234 g/mol. The average Bonchev–Trinajstić information content (AvgIpc) is 2.23. The predicted molar refractivity (Wildman–Crippen MR) is 67.5 cm³/mol. The lowest BCUT2D eigenvalue weighted by atomic mass is 10.0. The van der Waals surface area contributed by atoms with Gasteiger partial charge in [0.1, 0.15) is 12.4 Å². The highest BCUT2D eigenvalue weighted by molar-refractivity contribution is 5.79. The first-order valence-electron chi connectivity index (χ1n) is 5.63. The smallest absolute Gasteiger partial charge is 0.328 e. The Morgan fingerprint density at radius 3 is 2.76 bits per heavy atom. The Morgan fingerprint density at radius 1 is 1.47 bits per heavy atom. The van der Waals surface area contributed by atoms with E-state index in [1.807, 2.05) is 13.0 Å². The first kappa shape index (κ1) is 13.3. The molecule has 3 nitrogen and oxygen atoms in total. The number of ether oxygens (including phenoxy) is 1. The van der Waals surface area contributed by atoms with Crippen molar-refractivity contribution in [1.29, 1.82) is 0 Å². The fraction of sp³-hybridized carbons (Fsp3) is 0.357. The van der Waals surface area contributed by atoms with E-state index in [9.17, 15) is 4.79 Å². The van der Waals surface area contributed by atoms with Gasteiger partial charge in [-0.05, 0) is 36.1 Å². The Bertz CT molecular complexity index is 419. The highest BCUT2D eigenvalue weighted by atomic mass is 16.5. The Hall–Kier alpha value is -1.77. The summed E-state index contributed by atoms with van der Waals surface area (Å²) in [6.45, 7) is 6.48. The number of hydrogen-bond donors (Lipinski definition) is 1. The second-order valence-electron chi connectivity index (χ2n) is 4.25. The highest BCUT2D eigenvalue weighted by Crippen LogP contribution is 2.27. The maximum absolute atomic E-state index is 10.3. The number of carboxylic acid groups (broad SMARTS) is 1. The Labute approximate surface area is 102 Å². The maximum Gasteiger partial charge on any atom is 0.328 e. The van der Waals surface area contributed by atoms with Crippen molar-refractivity contribution < 1.29 is 14.6 Å².